The summed E-state index contributed by atoms with van der Waals surface area (Å²) in [7, 11) is -3.86. The number of hydrogen-bond donors (Lipinski definition) is 1. The Morgan fingerprint density at radius 3 is 2.43 bits per heavy atom. The van der Waals surface area contributed by atoms with Crippen molar-refractivity contribution in [1.82, 2.24) is 0 Å². The Morgan fingerprint density at radius 2 is 1.95 bits per heavy atom. The summed E-state index contributed by atoms with van der Waals surface area (Å²) in [6, 6.07) is 1.56. The molecule has 0 saturated heterocycles. The van der Waals surface area contributed by atoms with Crippen LogP contribution in [0.15, 0.2) is 17.0 Å². The van der Waals surface area contributed by atoms with Crippen LogP contribution in [0.4, 0.5) is 4.39 Å². The summed E-state index contributed by atoms with van der Waals surface area (Å²) >= 11 is 5.50. The van der Waals surface area contributed by atoms with Crippen LogP contribution in [0, 0.1) is 5.82 Å². The van der Waals surface area contributed by atoms with Gasteiger partial charge in [0.25, 0.3) is 0 Å². The number of benzene rings is 1. The molecule has 1 aromatic carbocycles. The molecular weight excluding hydrogens is 323 g/mol. The number of carboxylic acids is 1. The summed E-state index contributed by atoms with van der Waals surface area (Å²) < 4.78 is 43.0. The molecule has 0 radical (unpaired) electrons. The molecule has 8 heteroatoms. The third-order valence-corrected chi connectivity index (χ3v) is 4.52. The SMILES string of the molecule is CC(C)(C)OCCS(=O)(=O)c1cc(F)c(Cl)c(C(=O)O)c1. The summed E-state index contributed by atoms with van der Waals surface area (Å²) in [5.74, 6) is -2.97. The van der Waals surface area contributed by atoms with Gasteiger partial charge in [-0.3, -0.25) is 0 Å². The molecule has 5 nitrogen and oxygen atoms in total. The van der Waals surface area contributed by atoms with Gasteiger partial charge in [-0.1, -0.05) is 11.6 Å². The maximum atomic E-state index is 13.6. The van der Waals surface area contributed by atoms with E-state index in [9.17, 15) is 17.6 Å². The normalized spacial score (nSPS) is 12.4. The smallest absolute Gasteiger partial charge is 0.337 e. The van der Waals surface area contributed by atoms with Crippen molar-refractivity contribution in [2.75, 3.05) is 12.4 Å². The highest BCUT2D eigenvalue weighted by molar-refractivity contribution is 7.91. The summed E-state index contributed by atoms with van der Waals surface area (Å²) in [5.41, 5.74) is -1.10. The third-order valence-electron chi connectivity index (χ3n) is 2.48. The monoisotopic (exact) mass is 338 g/mol. The van der Waals surface area contributed by atoms with Gasteiger partial charge >= 0.3 is 5.97 Å². The minimum Gasteiger partial charge on any atom is -0.478 e. The van der Waals surface area contributed by atoms with Crippen molar-refractivity contribution >= 4 is 27.4 Å². The van der Waals surface area contributed by atoms with Crippen LogP contribution in [0.2, 0.25) is 5.02 Å². The zero-order chi connectivity index (χ0) is 16.4. The van der Waals surface area contributed by atoms with E-state index < -0.39 is 42.7 Å². The second-order valence-electron chi connectivity index (χ2n) is 5.35. The first-order valence-electron chi connectivity index (χ1n) is 6.03. The van der Waals surface area contributed by atoms with Gasteiger partial charge < -0.3 is 9.84 Å². The van der Waals surface area contributed by atoms with Crippen LogP contribution in [0.3, 0.4) is 0 Å². The van der Waals surface area contributed by atoms with Crippen molar-refractivity contribution in [3.63, 3.8) is 0 Å². The van der Waals surface area contributed by atoms with Crippen molar-refractivity contribution in [1.29, 1.82) is 0 Å². The van der Waals surface area contributed by atoms with Crippen LogP contribution in [0.1, 0.15) is 31.1 Å². The number of rotatable bonds is 5. The molecule has 0 spiro atoms. The number of carboxylic acid groups (broad SMARTS) is 1. The number of carbonyl (C=O) groups is 1. The molecule has 118 valence electrons. The summed E-state index contributed by atoms with van der Waals surface area (Å²) in [4.78, 5) is 10.5. The van der Waals surface area contributed by atoms with Crippen molar-refractivity contribution < 1.29 is 27.4 Å². The first-order valence-corrected chi connectivity index (χ1v) is 8.06. The van der Waals surface area contributed by atoms with E-state index in [4.69, 9.17) is 21.4 Å². The van der Waals surface area contributed by atoms with E-state index in [1.165, 1.54) is 0 Å². The van der Waals surface area contributed by atoms with Gasteiger partial charge in [0.1, 0.15) is 5.82 Å². The van der Waals surface area contributed by atoms with Gasteiger partial charge in [-0.15, -0.1) is 0 Å². The quantitative estimate of drug-likeness (QED) is 0.892. The fourth-order valence-corrected chi connectivity index (χ4v) is 2.78. The van der Waals surface area contributed by atoms with Gasteiger partial charge in [0.05, 0.1) is 33.4 Å². The molecule has 21 heavy (non-hydrogen) atoms. The van der Waals surface area contributed by atoms with Crippen LogP contribution in [0.25, 0.3) is 0 Å². The summed E-state index contributed by atoms with van der Waals surface area (Å²) in [6.45, 7) is 5.22. The maximum Gasteiger partial charge on any atom is 0.337 e. The highest BCUT2D eigenvalue weighted by atomic mass is 35.5. The molecule has 0 atom stereocenters. The van der Waals surface area contributed by atoms with Crippen LogP contribution in [0.5, 0.6) is 0 Å². The third kappa shape index (κ3) is 4.94. The molecule has 1 aromatic rings. The van der Waals surface area contributed by atoms with Crippen LogP contribution >= 0.6 is 11.6 Å². The van der Waals surface area contributed by atoms with E-state index >= 15 is 0 Å². The van der Waals surface area contributed by atoms with Crippen LogP contribution in [-0.4, -0.2) is 37.5 Å². The van der Waals surface area contributed by atoms with Gasteiger partial charge in [-0.05, 0) is 32.9 Å². The number of hydrogen-bond acceptors (Lipinski definition) is 4. The number of ether oxygens (including phenoxy) is 1. The second-order valence-corrected chi connectivity index (χ2v) is 7.84. The predicted molar refractivity (Wildman–Crippen MR) is 76.1 cm³/mol. The van der Waals surface area contributed by atoms with E-state index in [0.29, 0.717) is 6.07 Å². The molecule has 0 aliphatic carbocycles. The molecule has 0 bridgehead atoms. The Hall–Kier alpha value is -1.18. The fourth-order valence-electron chi connectivity index (χ4n) is 1.47. The Labute approximate surface area is 127 Å². The highest BCUT2D eigenvalue weighted by Crippen LogP contribution is 2.25. The lowest BCUT2D eigenvalue weighted by atomic mass is 10.2. The van der Waals surface area contributed by atoms with E-state index in [2.05, 4.69) is 0 Å². The second kappa shape index (κ2) is 6.29. The average Bonchev–Trinajstić information content (AvgIpc) is 2.29. The van der Waals surface area contributed by atoms with Gasteiger partial charge in [-0.2, -0.15) is 0 Å². The number of aromatic carboxylic acids is 1. The average molecular weight is 339 g/mol. The van der Waals surface area contributed by atoms with E-state index in [-0.39, 0.29) is 12.4 Å². The van der Waals surface area contributed by atoms with E-state index in [1.54, 1.807) is 20.8 Å². The van der Waals surface area contributed by atoms with Crippen molar-refractivity contribution in [3.05, 3.63) is 28.5 Å². The van der Waals surface area contributed by atoms with Gasteiger partial charge in [-0.25, -0.2) is 17.6 Å². The van der Waals surface area contributed by atoms with Crippen molar-refractivity contribution in [2.24, 2.45) is 0 Å². The minimum atomic E-state index is -3.86. The molecule has 1 rings (SSSR count). The Bertz CT molecular complexity index is 649. The van der Waals surface area contributed by atoms with Crippen LogP contribution in [-0.2, 0) is 14.6 Å². The lowest BCUT2D eigenvalue weighted by Gasteiger charge is -2.19. The molecule has 0 unspecified atom stereocenters. The Balaban J connectivity index is 3.07. The number of halogens is 2. The van der Waals surface area contributed by atoms with Gasteiger partial charge in [0.2, 0.25) is 0 Å². The molecule has 0 aromatic heterocycles. The van der Waals surface area contributed by atoms with Crippen molar-refractivity contribution in [3.8, 4) is 0 Å². The zero-order valence-corrected chi connectivity index (χ0v) is 13.4. The minimum absolute atomic E-state index is 0.0848. The predicted octanol–water partition coefficient (Wildman–Crippen LogP) is 2.77. The molecule has 1 N–H and O–H groups in total. The van der Waals surface area contributed by atoms with Gasteiger partial charge in [0.15, 0.2) is 9.84 Å². The fraction of sp³-hybridized carbons (Fsp3) is 0.462. The van der Waals surface area contributed by atoms with E-state index in [1.807, 2.05) is 0 Å². The molecular formula is C13H16ClFO5S. The zero-order valence-electron chi connectivity index (χ0n) is 11.8. The molecule has 0 amide bonds. The van der Waals surface area contributed by atoms with Crippen molar-refractivity contribution in [2.45, 2.75) is 31.3 Å². The summed E-state index contributed by atoms with van der Waals surface area (Å²) in [6.07, 6.45) is 0. The lowest BCUT2D eigenvalue weighted by Crippen LogP contribution is -2.23. The first-order chi connectivity index (χ1) is 9.44. The van der Waals surface area contributed by atoms with E-state index in [0.717, 1.165) is 6.07 Å². The molecule has 0 aliphatic rings. The van der Waals surface area contributed by atoms with Crippen LogP contribution < -0.4 is 0 Å². The molecule has 0 aliphatic heterocycles. The van der Waals surface area contributed by atoms with Gasteiger partial charge in [0, 0.05) is 0 Å². The molecule has 0 fully saturated rings. The maximum absolute atomic E-state index is 13.6. The summed E-state index contributed by atoms with van der Waals surface area (Å²) in [5, 5.41) is 8.27. The largest absolute Gasteiger partial charge is 0.478 e. The first kappa shape index (κ1) is 17.9. The number of sulfone groups is 1. The standard InChI is InChI=1S/C13H16ClFO5S/c1-13(2,3)20-4-5-21(18,19)8-6-9(12(16)17)11(14)10(15)7-8/h6-7H,4-5H2,1-3H3,(H,16,17). The Kier molecular flexibility index (Phi) is 5.35. The highest BCUT2D eigenvalue weighted by Gasteiger charge is 2.22. The Morgan fingerprint density at radius 1 is 1.38 bits per heavy atom. The molecule has 0 heterocycles. The topological polar surface area (TPSA) is 80.7 Å². The lowest BCUT2D eigenvalue weighted by molar-refractivity contribution is 0.00644. The molecule has 0 saturated carbocycles.